The molecule has 0 aliphatic carbocycles. The molecule has 24 heavy (non-hydrogen) atoms. The molecule has 7 heteroatoms. The standard InChI is InChI=1S/C17H16ClN3O3/c18-11-3-4-14-13(10-11)19-17(23)21(14)12-5-7-20(8-6-12)16(22)15-2-1-9-24-15/h1-4,9-10,12H,5-8H2,(H,19,23). The number of carbonyl (C=O) groups excluding carboxylic acids is 1. The van der Waals surface area contributed by atoms with Crippen LogP contribution in [0.2, 0.25) is 5.02 Å². The van der Waals surface area contributed by atoms with Gasteiger partial charge in [0.05, 0.1) is 17.3 Å². The number of nitrogens with one attached hydrogen (secondary N) is 1. The second-order valence-electron chi connectivity index (χ2n) is 5.96. The fraction of sp³-hybridized carbons (Fsp3) is 0.294. The molecule has 1 aromatic carbocycles. The van der Waals surface area contributed by atoms with Gasteiger partial charge in [-0.25, -0.2) is 4.79 Å². The highest BCUT2D eigenvalue weighted by Gasteiger charge is 2.27. The monoisotopic (exact) mass is 345 g/mol. The van der Waals surface area contributed by atoms with Gasteiger partial charge in [-0.05, 0) is 43.2 Å². The fourth-order valence-corrected chi connectivity index (χ4v) is 3.52. The van der Waals surface area contributed by atoms with Crippen LogP contribution in [0.5, 0.6) is 0 Å². The molecule has 0 bridgehead atoms. The van der Waals surface area contributed by atoms with E-state index < -0.39 is 0 Å². The molecule has 0 spiro atoms. The zero-order chi connectivity index (χ0) is 16.7. The van der Waals surface area contributed by atoms with Crippen LogP contribution in [-0.4, -0.2) is 33.4 Å². The van der Waals surface area contributed by atoms with Gasteiger partial charge in [-0.15, -0.1) is 0 Å². The van der Waals surface area contributed by atoms with Crippen LogP contribution in [0.4, 0.5) is 0 Å². The van der Waals surface area contributed by atoms with E-state index in [-0.39, 0.29) is 17.6 Å². The van der Waals surface area contributed by atoms with Gasteiger partial charge < -0.3 is 14.3 Å². The smallest absolute Gasteiger partial charge is 0.326 e. The highest BCUT2D eigenvalue weighted by Crippen LogP contribution is 2.26. The number of nitrogens with zero attached hydrogens (tertiary/aromatic N) is 2. The van der Waals surface area contributed by atoms with Crippen molar-refractivity contribution in [2.75, 3.05) is 13.1 Å². The lowest BCUT2D eigenvalue weighted by Crippen LogP contribution is -2.40. The molecule has 0 radical (unpaired) electrons. The van der Waals surface area contributed by atoms with Crippen LogP contribution in [0.15, 0.2) is 45.8 Å². The second-order valence-corrected chi connectivity index (χ2v) is 6.40. The first-order chi connectivity index (χ1) is 11.6. The predicted octanol–water partition coefficient (Wildman–Crippen LogP) is 3.05. The Morgan fingerprint density at radius 2 is 2.04 bits per heavy atom. The third-order valence-corrected chi connectivity index (χ3v) is 4.76. The average molecular weight is 346 g/mol. The molecule has 4 rings (SSSR count). The molecule has 1 fully saturated rings. The zero-order valence-corrected chi connectivity index (χ0v) is 13.6. The Morgan fingerprint density at radius 1 is 1.25 bits per heavy atom. The van der Waals surface area contributed by atoms with Crippen LogP contribution in [0.3, 0.4) is 0 Å². The van der Waals surface area contributed by atoms with Gasteiger partial charge >= 0.3 is 5.69 Å². The van der Waals surface area contributed by atoms with Crippen molar-refractivity contribution < 1.29 is 9.21 Å². The summed E-state index contributed by atoms with van der Waals surface area (Å²) in [6, 6.07) is 8.83. The van der Waals surface area contributed by atoms with Gasteiger partial charge in [-0.2, -0.15) is 0 Å². The van der Waals surface area contributed by atoms with Crippen molar-refractivity contribution >= 4 is 28.5 Å². The summed E-state index contributed by atoms with van der Waals surface area (Å²) in [5, 5.41) is 0.592. The van der Waals surface area contributed by atoms with Crippen LogP contribution < -0.4 is 5.69 Å². The van der Waals surface area contributed by atoms with Gasteiger partial charge in [0.2, 0.25) is 0 Å². The lowest BCUT2D eigenvalue weighted by atomic mass is 10.0. The van der Waals surface area contributed by atoms with Crippen LogP contribution in [0, 0.1) is 0 Å². The van der Waals surface area contributed by atoms with E-state index in [1.807, 2.05) is 6.07 Å². The van der Waals surface area contributed by atoms with Crippen LogP contribution in [-0.2, 0) is 0 Å². The number of aromatic nitrogens is 2. The molecule has 124 valence electrons. The van der Waals surface area contributed by atoms with E-state index in [4.69, 9.17) is 16.0 Å². The van der Waals surface area contributed by atoms with Crippen molar-refractivity contribution in [2.45, 2.75) is 18.9 Å². The van der Waals surface area contributed by atoms with Gasteiger partial charge in [0, 0.05) is 24.2 Å². The molecule has 2 aromatic heterocycles. The molecular weight excluding hydrogens is 330 g/mol. The number of furan rings is 1. The molecule has 1 N–H and O–H groups in total. The Bertz CT molecular complexity index is 934. The maximum absolute atomic E-state index is 12.3. The molecule has 1 aliphatic rings. The van der Waals surface area contributed by atoms with Gasteiger partial charge in [0.1, 0.15) is 0 Å². The number of carbonyl (C=O) groups is 1. The van der Waals surface area contributed by atoms with Crippen molar-refractivity contribution in [2.24, 2.45) is 0 Å². The fourth-order valence-electron chi connectivity index (χ4n) is 3.35. The minimum absolute atomic E-state index is 0.0630. The Kier molecular flexibility index (Phi) is 3.69. The van der Waals surface area contributed by atoms with Crippen LogP contribution in [0.1, 0.15) is 29.4 Å². The number of fused-ring (bicyclic) bond motifs is 1. The van der Waals surface area contributed by atoms with Crippen molar-refractivity contribution in [3.05, 3.63) is 57.9 Å². The summed E-state index contributed by atoms with van der Waals surface area (Å²) in [4.78, 5) is 29.3. The number of rotatable bonds is 2. The van der Waals surface area contributed by atoms with E-state index in [0.717, 1.165) is 23.9 Å². The number of benzene rings is 1. The number of hydrogen-bond donors (Lipinski definition) is 1. The molecule has 1 saturated heterocycles. The Hall–Kier alpha value is -2.47. The number of likely N-dealkylation sites (tertiary alicyclic amines) is 1. The number of imidazole rings is 1. The van der Waals surface area contributed by atoms with E-state index in [0.29, 0.717) is 23.9 Å². The number of H-pyrrole nitrogens is 1. The molecule has 0 unspecified atom stereocenters. The first-order valence-electron chi connectivity index (χ1n) is 7.86. The molecule has 1 amide bonds. The summed E-state index contributed by atoms with van der Waals surface area (Å²) in [6.07, 6.45) is 2.94. The van der Waals surface area contributed by atoms with Crippen molar-refractivity contribution in [3.63, 3.8) is 0 Å². The van der Waals surface area contributed by atoms with Crippen molar-refractivity contribution in [1.29, 1.82) is 0 Å². The van der Waals surface area contributed by atoms with Crippen LogP contribution in [0.25, 0.3) is 11.0 Å². The third-order valence-electron chi connectivity index (χ3n) is 4.53. The van der Waals surface area contributed by atoms with Gasteiger partial charge in [0.25, 0.3) is 5.91 Å². The Balaban J connectivity index is 1.55. The summed E-state index contributed by atoms with van der Waals surface area (Å²) in [5.41, 5.74) is 1.45. The normalized spacial score (nSPS) is 16.0. The van der Waals surface area contributed by atoms with E-state index >= 15 is 0 Å². The molecular formula is C17H16ClN3O3. The predicted molar refractivity (Wildman–Crippen MR) is 90.5 cm³/mol. The molecule has 3 aromatic rings. The maximum Gasteiger partial charge on any atom is 0.326 e. The van der Waals surface area contributed by atoms with Crippen LogP contribution >= 0.6 is 11.6 Å². The molecule has 1 aliphatic heterocycles. The lowest BCUT2D eigenvalue weighted by molar-refractivity contribution is 0.0663. The molecule has 3 heterocycles. The average Bonchev–Trinajstić information content (AvgIpc) is 3.21. The summed E-state index contributed by atoms with van der Waals surface area (Å²) in [6.45, 7) is 1.19. The SMILES string of the molecule is O=C(c1ccco1)N1CCC(n2c(=O)[nH]c3cc(Cl)ccc32)CC1. The zero-order valence-electron chi connectivity index (χ0n) is 12.9. The van der Waals surface area contributed by atoms with Crippen molar-refractivity contribution in [3.8, 4) is 0 Å². The maximum atomic E-state index is 12.3. The minimum atomic E-state index is -0.136. The van der Waals surface area contributed by atoms with Crippen molar-refractivity contribution in [1.82, 2.24) is 14.5 Å². The molecule has 6 nitrogen and oxygen atoms in total. The summed E-state index contributed by atoms with van der Waals surface area (Å²) in [7, 11) is 0. The van der Waals surface area contributed by atoms with E-state index in [2.05, 4.69) is 4.98 Å². The summed E-state index contributed by atoms with van der Waals surface area (Å²) in [5.74, 6) is 0.254. The third kappa shape index (κ3) is 2.53. The highest BCUT2D eigenvalue weighted by molar-refractivity contribution is 6.31. The highest BCUT2D eigenvalue weighted by atomic mass is 35.5. The first-order valence-corrected chi connectivity index (χ1v) is 8.24. The molecule has 0 saturated carbocycles. The summed E-state index contributed by atoms with van der Waals surface area (Å²) >= 11 is 5.98. The topological polar surface area (TPSA) is 71.2 Å². The largest absolute Gasteiger partial charge is 0.459 e. The number of hydrogen-bond acceptors (Lipinski definition) is 3. The molecule has 0 atom stereocenters. The van der Waals surface area contributed by atoms with E-state index in [1.165, 1.54) is 6.26 Å². The second kappa shape index (κ2) is 5.87. The number of aromatic amines is 1. The minimum Gasteiger partial charge on any atom is -0.459 e. The van der Waals surface area contributed by atoms with Gasteiger partial charge in [-0.3, -0.25) is 9.36 Å². The first kappa shape index (κ1) is 15.1. The van der Waals surface area contributed by atoms with Gasteiger partial charge in [-0.1, -0.05) is 11.6 Å². The Morgan fingerprint density at radius 3 is 2.75 bits per heavy atom. The summed E-state index contributed by atoms with van der Waals surface area (Å²) < 4.78 is 6.95. The van der Waals surface area contributed by atoms with E-state index in [9.17, 15) is 9.59 Å². The Labute approximate surface area is 142 Å². The quantitative estimate of drug-likeness (QED) is 0.776. The number of amides is 1. The van der Waals surface area contributed by atoms with Gasteiger partial charge in [0.15, 0.2) is 5.76 Å². The lowest BCUT2D eigenvalue weighted by Gasteiger charge is -2.32. The number of piperidine rings is 1. The number of halogens is 1. The van der Waals surface area contributed by atoms with E-state index in [1.54, 1.807) is 33.7 Å².